The molecule has 0 atom stereocenters. The lowest BCUT2D eigenvalue weighted by Crippen LogP contribution is -2.28. The lowest BCUT2D eigenvalue weighted by molar-refractivity contribution is 0.218. The van der Waals surface area contributed by atoms with Crippen molar-refractivity contribution < 1.29 is 0 Å². The van der Waals surface area contributed by atoms with Gasteiger partial charge in [0, 0.05) is 11.3 Å². The number of nitrogens with zero attached hydrogens (tertiary/aromatic N) is 1. The van der Waals surface area contributed by atoms with Gasteiger partial charge in [0.05, 0.1) is 10.7 Å². The first-order valence-corrected chi connectivity index (χ1v) is 7.12. The normalized spacial score (nSPS) is 20.4. The Labute approximate surface area is 101 Å². The van der Waals surface area contributed by atoms with Gasteiger partial charge in [0.15, 0.2) is 0 Å². The van der Waals surface area contributed by atoms with Crippen LogP contribution in [0.4, 0.5) is 0 Å². The molecule has 0 saturated heterocycles. The lowest BCUT2D eigenvalue weighted by atomic mass is 9.73. The van der Waals surface area contributed by atoms with E-state index in [-0.39, 0.29) is 0 Å². The number of alkyl halides is 1. The Morgan fingerprint density at radius 1 is 1.40 bits per heavy atom. The van der Waals surface area contributed by atoms with E-state index in [9.17, 15) is 0 Å². The first kappa shape index (κ1) is 11.4. The van der Waals surface area contributed by atoms with Crippen molar-refractivity contribution >= 4 is 22.9 Å². The van der Waals surface area contributed by atoms with Crippen LogP contribution in [0.2, 0.25) is 0 Å². The summed E-state index contributed by atoms with van der Waals surface area (Å²) in [6.45, 7) is 2.07. The number of aryl methyl sites for hydroxylation is 1. The molecule has 0 unspecified atom stereocenters. The van der Waals surface area contributed by atoms with E-state index in [0.29, 0.717) is 5.41 Å². The van der Waals surface area contributed by atoms with Crippen molar-refractivity contribution in [3.05, 3.63) is 16.1 Å². The minimum atomic E-state index is 0.348. The molecule has 1 aromatic rings. The first-order chi connectivity index (χ1) is 7.24. The van der Waals surface area contributed by atoms with Crippen molar-refractivity contribution in [2.24, 2.45) is 5.41 Å². The van der Waals surface area contributed by atoms with E-state index < -0.39 is 0 Å². The smallest absolute Gasteiger partial charge is 0.0897 e. The molecule has 1 nitrogen and oxygen atoms in total. The molecule has 1 saturated carbocycles. The SMILES string of the molecule is Cc1nc(CC2(CCl)CCCCC2)cs1. The molecule has 3 heteroatoms. The van der Waals surface area contributed by atoms with Gasteiger partial charge in [-0.05, 0) is 31.6 Å². The van der Waals surface area contributed by atoms with Crippen LogP contribution in [0.15, 0.2) is 5.38 Å². The second-order valence-electron chi connectivity index (χ2n) is 4.73. The summed E-state index contributed by atoms with van der Waals surface area (Å²) in [5.41, 5.74) is 1.60. The molecular weight excluding hydrogens is 226 g/mol. The summed E-state index contributed by atoms with van der Waals surface area (Å²) >= 11 is 7.92. The number of halogens is 1. The predicted molar refractivity (Wildman–Crippen MR) is 66.8 cm³/mol. The van der Waals surface area contributed by atoms with Crippen molar-refractivity contribution in [3.63, 3.8) is 0 Å². The minimum absolute atomic E-state index is 0.348. The molecule has 1 heterocycles. The quantitative estimate of drug-likeness (QED) is 0.726. The van der Waals surface area contributed by atoms with E-state index in [0.717, 1.165) is 12.3 Å². The van der Waals surface area contributed by atoms with E-state index in [1.54, 1.807) is 11.3 Å². The average molecular weight is 244 g/mol. The molecule has 0 N–H and O–H groups in total. The standard InChI is InChI=1S/C12H18ClNS/c1-10-14-11(8-15-10)7-12(9-13)5-3-2-4-6-12/h8H,2-7,9H2,1H3. The van der Waals surface area contributed by atoms with E-state index in [1.807, 2.05) is 0 Å². The third-order valence-corrected chi connectivity index (χ3v) is 4.81. The Balaban J connectivity index is 2.06. The molecule has 1 aromatic heterocycles. The number of thiazole rings is 1. The number of aromatic nitrogens is 1. The van der Waals surface area contributed by atoms with Gasteiger partial charge in [-0.25, -0.2) is 4.98 Å². The van der Waals surface area contributed by atoms with Crippen LogP contribution >= 0.6 is 22.9 Å². The van der Waals surface area contributed by atoms with Crippen LogP contribution in [0, 0.1) is 12.3 Å². The van der Waals surface area contributed by atoms with E-state index in [4.69, 9.17) is 11.6 Å². The third kappa shape index (κ3) is 2.73. The summed E-state index contributed by atoms with van der Waals surface area (Å²) in [6, 6.07) is 0. The van der Waals surface area contributed by atoms with Gasteiger partial charge < -0.3 is 0 Å². The highest BCUT2D eigenvalue weighted by atomic mass is 35.5. The molecule has 0 aliphatic heterocycles. The maximum Gasteiger partial charge on any atom is 0.0897 e. The Hall–Kier alpha value is -0.0800. The average Bonchev–Trinajstić information content (AvgIpc) is 2.65. The molecule has 0 radical (unpaired) electrons. The molecule has 1 aliphatic carbocycles. The molecule has 0 bridgehead atoms. The summed E-state index contributed by atoms with van der Waals surface area (Å²) in [5.74, 6) is 0.795. The summed E-state index contributed by atoms with van der Waals surface area (Å²) in [7, 11) is 0. The Morgan fingerprint density at radius 2 is 2.13 bits per heavy atom. The highest BCUT2D eigenvalue weighted by Crippen LogP contribution is 2.40. The Morgan fingerprint density at radius 3 is 2.67 bits per heavy atom. The molecule has 15 heavy (non-hydrogen) atoms. The molecule has 2 rings (SSSR count). The molecule has 0 amide bonds. The Kier molecular flexibility index (Phi) is 3.68. The van der Waals surface area contributed by atoms with E-state index in [2.05, 4.69) is 17.3 Å². The largest absolute Gasteiger partial charge is 0.247 e. The predicted octanol–water partition coefficient (Wildman–Crippen LogP) is 4.18. The third-order valence-electron chi connectivity index (χ3n) is 3.42. The summed E-state index contributed by atoms with van der Waals surface area (Å²) < 4.78 is 0. The van der Waals surface area contributed by atoms with Gasteiger partial charge in [0.2, 0.25) is 0 Å². The van der Waals surface area contributed by atoms with Crippen molar-refractivity contribution in [1.82, 2.24) is 4.98 Å². The fraction of sp³-hybridized carbons (Fsp3) is 0.750. The molecule has 84 valence electrons. The van der Waals surface area contributed by atoms with Crippen LogP contribution in [0.25, 0.3) is 0 Å². The number of hydrogen-bond donors (Lipinski definition) is 0. The highest BCUT2D eigenvalue weighted by molar-refractivity contribution is 7.09. The summed E-state index contributed by atoms with van der Waals surface area (Å²) in [4.78, 5) is 4.56. The van der Waals surface area contributed by atoms with Crippen LogP contribution in [0.1, 0.15) is 42.8 Å². The number of rotatable bonds is 3. The van der Waals surface area contributed by atoms with Crippen molar-refractivity contribution in [2.75, 3.05) is 5.88 Å². The Bertz CT molecular complexity index is 315. The van der Waals surface area contributed by atoms with Crippen molar-refractivity contribution in [3.8, 4) is 0 Å². The van der Waals surface area contributed by atoms with Gasteiger partial charge in [0.1, 0.15) is 0 Å². The molecule has 1 fully saturated rings. The molecule has 0 spiro atoms. The lowest BCUT2D eigenvalue weighted by Gasteiger charge is -2.35. The molecular formula is C12H18ClNS. The fourth-order valence-electron chi connectivity index (χ4n) is 2.53. The van der Waals surface area contributed by atoms with Crippen molar-refractivity contribution in [2.45, 2.75) is 45.4 Å². The van der Waals surface area contributed by atoms with Gasteiger partial charge in [-0.1, -0.05) is 19.3 Å². The van der Waals surface area contributed by atoms with E-state index >= 15 is 0 Å². The van der Waals surface area contributed by atoms with Crippen LogP contribution in [-0.2, 0) is 6.42 Å². The van der Waals surface area contributed by atoms with Crippen LogP contribution in [0.3, 0.4) is 0 Å². The monoisotopic (exact) mass is 243 g/mol. The van der Waals surface area contributed by atoms with Gasteiger partial charge in [-0.2, -0.15) is 0 Å². The van der Waals surface area contributed by atoms with Crippen LogP contribution < -0.4 is 0 Å². The minimum Gasteiger partial charge on any atom is -0.247 e. The maximum atomic E-state index is 6.17. The van der Waals surface area contributed by atoms with Crippen molar-refractivity contribution in [1.29, 1.82) is 0 Å². The second-order valence-corrected chi connectivity index (χ2v) is 6.06. The van der Waals surface area contributed by atoms with Gasteiger partial charge >= 0.3 is 0 Å². The van der Waals surface area contributed by atoms with Gasteiger partial charge in [-0.15, -0.1) is 22.9 Å². The zero-order valence-corrected chi connectivity index (χ0v) is 10.8. The molecule has 0 aromatic carbocycles. The summed E-state index contributed by atoms with van der Waals surface area (Å²) in [6.07, 6.45) is 7.72. The fourth-order valence-corrected chi connectivity index (χ4v) is 3.51. The van der Waals surface area contributed by atoms with Gasteiger partial charge in [0.25, 0.3) is 0 Å². The van der Waals surface area contributed by atoms with Crippen LogP contribution in [0.5, 0.6) is 0 Å². The highest BCUT2D eigenvalue weighted by Gasteiger charge is 2.31. The zero-order chi connectivity index (χ0) is 10.7. The second kappa shape index (κ2) is 4.84. The van der Waals surface area contributed by atoms with Gasteiger partial charge in [-0.3, -0.25) is 0 Å². The number of hydrogen-bond acceptors (Lipinski definition) is 2. The first-order valence-electron chi connectivity index (χ1n) is 5.71. The summed E-state index contributed by atoms with van der Waals surface area (Å²) in [5, 5.41) is 3.36. The topological polar surface area (TPSA) is 12.9 Å². The zero-order valence-electron chi connectivity index (χ0n) is 9.26. The van der Waals surface area contributed by atoms with Crippen LogP contribution in [-0.4, -0.2) is 10.9 Å². The maximum absolute atomic E-state index is 6.17. The van der Waals surface area contributed by atoms with E-state index in [1.165, 1.54) is 42.8 Å². The molecule has 1 aliphatic rings.